The summed E-state index contributed by atoms with van der Waals surface area (Å²) >= 11 is 6.49. The highest BCUT2D eigenvalue weighted by Crippen LogP contribution is 2.37. The van der Waals surface area contributed by atoms with Crippen molar-refractivity contribution in [3.63, 3.8) is 0 Å². The molecule has 14 heteroatoms. The first-order chi connectivity index (χ1) is 14.4. The summed E-state index contributed by atoms with van der Waals surface area (Å²) in [5, 5.41) is 23.9. The molecule has 0 saturated carbocycles. The molecule has 0 aliphatic heterocycles. The number of esters is 1. The lowest BCUT2D eigenvalue weighted by Gasteiger charge is -2.08. The number of hydrogen-bond acceptors (Lipinski definition) is 9. The summed E-state index contributed by atoms with van der Waals surface area (Å²) in [5.74, 6) is -2.24. The van der Waals surface area contributed by atoms with E-state index in [1.54, 1.807) is 0 Å². The second kappa shape index (κ2) is 9.06. The minimum Gasteiger partial charge on any atom is -0.465 e. The average Bonchev–Trinajstić information content (AvgIpc) is 3.01. The molecule has 0 bridgehead atoms. The monoisotopic (exact) mass is 470 g/mol. The smallest absolute Gasteiger partial charge is 0.341 e. The molecule has 12 nitrogen and oxygen atoms in total. The number of thiophene rings is 1. The van der Waals surface area contributed by atoms with Gasteiger partial charge in [0.25, 0.3) is 23.2 Å². The SMILES string of the molecule is COC(=O)c1c(NC(=O)c2cc([N+](=O)[O-])c(Cl)c([N+](=O)[O-])c2)sc(C(=O)N(C)C)c1C. The first-order valence-electron chi connectivity index (χ1n) is 8.27. The summed E-state index contributed by atoms with van der Waals surface area (Å²) in [6, 6.07) is 1.55. The molecular formula is C17H15ClN4O8S. The Morgan fingerprint density at radius 2 is 1.65 bits per heavy atom. The Kier molecular flexibility index (Phi) is 6.92. The van der Waals surface area contributed by atoms with Gasteiger partial charge in [-0.2, -0.15) is 0 Å². The van der Waals surface area contributed by atoms with Crippen LogP contribution < -0.4 is 5.32 Å². The van der Waals surface area contributed by atoms with Gasteiger partial charge < -0.3 is 15.0 Å². The van der Waals surface area contributed by atoms with Gasteiger partial charge in [0.05, 0.1) is 33.0 Å². The van der Waals surface area contributed by atoms with Gasteiger partial charge in [0, 0.05) is 26.2 Å². The molecule has 2 rings (SSSR count). The molecule has 164 valence electrons. The van der Waals surface area contributed by atoms with Gasteiger partial charge in [-0.1, -0.05) is 11.6 Å². The van der Waals surface area contributed by atoms with Crippen LogP contribution in [0.4, 0.5) is 16.4 Å². The van der Waals surface area contributed by atoms with Crippen LogP contribution in [0, 0.1) is 27.2 Å². The van der Waals surface area contributed by atoms with E-state index in [1.165, 1.54) is 25.9 Å². The predicted molar refractivity (Wildman–Crippen MR) is 111 cm³/mol. The number of nitro benzene ring substituents is 2. The second-order valence-corrected chi connectivity index (χ2v) is 7.65. The lowest BCUT2D eigenvalue weighted by atomic mass is 10.1. The predicted octanol–water partition coefficient (Wildman–Crippen LogP) is 3.27. The van der Waals surface area contributed by atoms with Crippen LogP contribution in [0.5, 0.6) is 0 Å². The molecule has 1 N–H and O–H groups in total. The molecule has 0 saturated heterocycles. The van der Waals surface area contributed by atoms with Gasteiger partial charge in [-0.3, -0.25) is 29.8 Å². The third-order valence-corrected chi connectivity index (χ3v) is 5.64. The molecule has 1 aromatic heterocycles. The molecule has 0 fully saturated rings. The van der Waals surface area contributed by atoms with E-state index in [0.29, 0.717) is 0 Å². The molecule has 0 radical (unpaired) electrons. The number of amides is 2. The molecule has 0 unspecified atom stereocenters. The summed E-state index contributed by atoms with van der Waals surface area (Å²) in [4.78, 5) is 59.2. The van der Waals surface area contributed by atoms with Gasteiger partial charge >= 0.3 is 5.97 Å². The number of hydrogen-bond donors (Lipinski definition) is 1. The number of carbonyl (C=O) groups is 3. The fourth-order valence-corrected chi connectivity index (χ4v) is 3.98. The van der Waals surface area contributed by atoms with Gasteiger partial charge in [-0.05, 0) is 12.5 Å². The maximum atomic E-state index is 12.7. The minimum absolute atomic E-state index is 0.0557. The standard InChI is InChI=1S/C17H15ClN4O8S/c1-7-11(17(25)30-4)15(31-13(7)16(24)20(2)3)19-14(23)8-5-9(21(26)27)12(18)10(6-8)22(28)29/h5-6H,1-4H3,(H,19,23). The molecule has 2 aromatic rings. The van der Waals surface area contributed by atoms with E-state index in [0.717, 1.165) is 30.6 Å². The van der Waals surface area contributed by atoms with Crippen LogP contribution in [-0.2, 0) is 4.74 Å². The zero-order valence-electron chi connectivity index (χ0n) is 16.5. The Morgan fingerprint density at radius 1 is 1.13 bits per heavy atom. The molecule has 0 aliphatic rings. The van der Waals surface area contributed by atoms with Crippen molar-refractivity contribution in [2.24, 2.45) is 0 Å². The summed E-state index contributed by atoms with van der Waals surface area (Å²) in [6.07, 6.45) is 0. The van der Waals surface area contributed by atoms with Crippen LogP contribution in [0.3, 0.4) is 0 Å². The molecule has 1 heterocycles. The number of nitrogens with one attached hydrogen (secondary N) is 1. The van der Waals surface area contributed by atoms with Crippen LogP contribution in [0.2, 0.25) is 5.02 Å². The number of halogens is 1. The van der Waals surface area contributed by atoms with Crippen LogP contribution in [-0.4, -0.2) is 53.7 Å². The number of carbonyl (C=O) groups excluding carboxylic acids is 3. The summed E-state index contributed by atoms with van der Waals surface area (Å²) in [7, 11) is 4.12. The van der Waals surface area contributed by atoms with E-state index in [4.69, 9.17) is 16.3 Å². The number of benzene rings is 1. The number of rotatable bonds is 6. The number of anilines is 1. The van der Waals surface area contributed by atoms with E-state index in [1.807, 2.05) is 0 Å². The first-order valence-corrected chi connectivity index (χ1v) is 9.47. The van der Waals surface area contributed by atoms with E-state index in [9.17, 15) is 34.6 Å². The largest absolute Gasteiger partial charge is 0.465 e. The highest BCUT2D eigenvalue weighted by molar-refractivity contribution is 7.18. The Balaban J connectivity index is 2.59. The van der Waals surface area contributed by atoms with Gasteiger partial charge in [-0.15, -0.1) is 11.3 Å². The summed E-state index contributed by atoms with van der Waals surface area (Å²) in [6.45, 7) is 1.49. The minimum atomic E-state index is -0.988. The number of ether oxygens (including phenoxy) is 1. The topological polar surface area (TPSA) is 162 Å². The lowest BCUT2D eigenvalue weighted by molar-refractivity contribution is -0.393. The van der Waals surface area contributed by atoms with Crippen molar-refractivity contribution >= 4 is 57.1 Å². The van der Waals surface area contributed by atoms with Crippen molar-refractivity contribution in [1.29, 1.82) is 0 Å². The number of nitrogens with zero attached hydrogens (tertiary/aromatic N) is 3. The van der Waals surface area contributed by atoms with Gasteiger partial charge in [-0.25, -0.2) is 4.79 Å². The Morgan fingerprint density at radius 3 is 2.06 bits per heavy atom. The zero-order valence-corrected chi connectivity index (χ0v) is 18.1. The molecule has 1 aromatic carbocycles. The second-order valence-electron chi connectivity index (χ2n) is 6.25. The third-order valence-electron chi connectivity index (χ3n) is 4.05. The number of nitro groups is 2. The molecule has 0 aliphatic carbocycles. The van der Waals surface area contributed by atoms with Gasteiger partial charge in [0.1, 0.15) is 5.00 Å². The third kappa shape index (κ3) is 4.62. The van der Waals surface area contributed by atoms with Crippen molar-refractivity contribution in [3.8, 4) is 0 Å². The van der Waals surface area contributed by atoms with Crippen LogP contribution in [0.1, 0.15) is 36.0 Å². The van der Waals surface area contributed by atoms with Crippen molar-refractivity contribution in [2.45, 2.75) is 6.92 Å². The fourth-order valence-electron chi connectivity index (χ4n) is 2.52. The highest BCUT2D eigenvalue weighted by atomic mass is 35.5. The van der Waals surface area contributed by atoms with Crippen molar-refractivity contribution in [2.75, 3.05) is 26.5 Å². The van der Waals surface area contributed by atoms with Crippen molar-refractivity contribution in [1.82, 2.24) is 4.90 Å². The van der Waals surface area contributed by atoms with Gasteiger partial charge in [0.15, 0.2) is 5.02 Å². The van der Waals surface area contributed by atoms with E-state index < -0.39 is 49.6 Å². The fraction of sp³-hybridized carbons (Fsp3) is 0.235. The lowest BCUT2D eigenvalue weighted by Crippen LogP contribution is -2.21. The van der Waals surface area contributed by atoms with E-state index >= 15 is 0 Å². The molecule has 0 spiro atoms. The van der Waals surface area contributed by atoms with Gasteiger partial charge in [0.2, 0.25) is 0 Å². The first kappa shape index (κ1) is 23.7. The van der Waals surface area contributed by atoms with E-state index in [2.05, 4.69) is 5.32 Å². The van der Waals surface area contributed by atoms with Crippen LogP contribution in [0.15, 0.2) is 12.1 Å². The van der Waals surface area contributed by atoms with Crippen LogP contribution >= 0.6 is 22.9 Å². The quantitative estimate of drug-likeness (QED) is 0.382. The molecule has 31 heavy (non-hydrogen) atoms. The molecule has 2 amide bonds. The average molecular weight is 471 g/mol. The highest BCUT2D eigenvalue weighted by Gasteiger charge is 2.30. The van der Waals surface area contributed by atoms with Crippen molar-refractivity contribution < 1.29 is 29.0 Å². The van der Waals surface area contributed by atoms with Crippen LogP contribution in [0.25, 0.3) is 0 Å². The molecule has 0 atom stereocenters. The van der Waals surface area contributed by atoms with E-state index in [-0.39, 0.29) is 21.0 Å². The maximum Gasteiger partial charge on any atom is 0.341 e. The Bertz CT molecular complexity index is 1090. The number of methoxy groups -OCH3 is 1. The summed E-state index contributed by atoms with van der Waals surface area (Å²) in [5.41, 5.74) is -1.92. The Hall–Kier alpha value is -3.58. The zero-order chi connectivity index (χ0) is 23.6. The summed E-state index contributed by atoms with van der Waals surface area (Å²) < 4.78 is 4.71. The maximum absolute atomic E-state index is 12.7. The normalized spacial score (nSPS) is 10.4. The van der Waals surface area contributed by atoms with Crippen molar-refractivity contribution in [3.05, 3.63) is 59.0 Å². The Labute approximate surface area is 183 Å². The molecular weight excluding hydrogens is 456 g/mol.